The van der Waals surface area contributed by atoms with Gasteiger partial charge in [-0.3, -0.25) is 4.79 Å². The fourth-order valence-electron chi connectivity index (χ4n) is 1.61. The molecule has 0 aliphatic heterocycles. The van der Waals surface area contributed by atoms with Crippen LogP contribution in [0, 0.1) is 0 Å². The zero-order valence-corrected chi connectivity index (χ0v) is 11.4. The summed E-state index contributed by atoms with van der Waals surface area (Å²) in [4.78, 5) is 10.6. The van der Waals surface area contributed by atoms with E-state index >= 15 is 0 Å². The van der Waals surface area contributed by atoms with Crippen molar-refractivity contribution in [3.05, 3.63) is 29.8 Å². The van der Waals surface area contributed by atoms with Crippen LogP contribution >= 0.6 is 11.6 Å². The Labute approximate surface area is 108 Å². The molecule has 94 valence electrons. The number of benzene rings is 1. The third-order valence-electron chi connectivity index (χ3n) is 2.47. The molecular formula is C14H19ClO2. The molecule has 0 atom stereocenters. The van der Waals surface area contributed by atoms with Crippen LogP contribution in [0.15, 0.2) is 24.3 Å². The van der Waals surface area contributed by atoms with E-state index in [0.29, 0.717) is 19.4 Å². The number of carbonyl (C=O) groups is 1. The Morgan fingerprint density at radius 2 is 1.94 bits per heavy atom. The topological polar surface area (TPSA) is 26.3 Å². The van der Waals surface area contributed by atoms with Gasteiger partial charge in [-0.15, -0.1) is 0 Å². The van der Waals surface area contributed by atoms with E-state index in [9.17, 15) is 4.79 Å². The van der Waals surface area contributed by atoms with Gasteiger partial charge >= 0.3 is 0 Å². The number of hydrogen-bond acceptors (Lipinski definition) is 2. The predicted octanol–water partition coefficient (Wildman–Crippen LogP) is 3.91. The second-order valence-corrected chi connectivity index (χ2v) is 5.47. The molecule has 0 fully saturated rings. The summed E-state index contributed by atoms with van der Waals surface area (Å²) in [5.74, 6) is 0.891. The molecule has 1 aromatic rings. The van der Waals surface area contributed by atoms with Crippen molar-refractivity contribution in [2.75, 3.05) is 6.61 Å². The van der Waals surface area contributed by atoms with Gasteiger partial charge in [-0.05, 0) is 35.1 Å². The second-order valence-electron chi connectivity index (χ2n) is 5.05. The van der Waals surface area contributed by atoms with E-state index in [4.69, 9.17) is 16.3 Å². The van der Waals surface area contributed by atoms with Gasteiger partial charge in [0.05, 0.1) is 6.61 Å². The maximum atomic E-state index is 10.6. The standard InChI is InChI=1S/C14H19ClO2/c1-14(2,3)11-7-4-5-8-12(11)17-10-6-9-13(15)16/h4-5,7-8H,6,9-10H2,1-3H3. The van der Waals surface area contributed by atoms with Crippen molar-refractivity contribution in [2.24, 2.45) is 0 Å². The normalized spacial score (nSPS) is 11.3. The van der Waals surface area contributed by atoms with Crippen LogP contribution in [0.3, 0.4) is 0 Å². The summed E-state index contributed by atoms with van der Waals surface area (Å²) in [5.41, 5.74) is 1.23. The summed E-state index contributed by atoms with van der Waals surface area (Å²) in [6.07, 6.45) is 1.01. The molecule has 3 heteroatoms. The average molecular weight is 255 g/mol. The minimum Gasteiger partial charge on any atom is -0.493 e. The maximum Gasteiger partial charge on any atom is 0.221 e. The van der Waals surface area contributed by atoms with Crippen molar-refractivity contribution >= 4 is 16.8 Å². The molecule has 1 rings (SSSR count). The summed E-state index contributed by atoms with van der Waals surface area (Å²) in [6, 6.07) is 8.00. The monoisotopic (exact) mass is 254 g/mol. The highest BCUT2D eigenvalue weighted by atomic mass is 35.5. The lowest BCUT2D eigenvalue weighted by Gasteiger charge is -2.22. The Bertz CT molecular complexity index is 380. The SMILES string of the molecule is CC(C)(C)c1ccccc1OCCCC(=O)Cl. The largest absolute Gasteiger partial charge is 0.493 e. The van der Waals surface area contributed by atoms with Crippen LogP contribution in [0.5, 0.6) is 5.75 Å². The molecule has 2 nitrogen and oxygen atoms in total. The molecule has 0 saturated carbocycles. The minimum atomic E-state index is -0.308. The van der Waals surface area contributed by atoms with Gasteiger partial charge in [0.1, 0.15) is 5.75 Å². The number of rotatable bonds is 5. The molecule has 0 aliphatic rings. The predicted molar refractivity (Wildman–Crippen MR) is 70.7 cm³/mol. The number of halogens is 1. The Hall–Kier alpha value is -1.02. The highest BCUT2D eigenvalue weighted by molar-refractivity contribution is 6.63. The molecule has 0 unspecified atom stereocenters. The van der Waals surface area contributed by atoms with E-state index < -0.39 is 0 Å². The highest BCUT2D eigenvalue weighted by Crippen LogP contribution is 2.30. The first-order valence-corrected chi connectivity index (χ1v) is 6.19. The van der Waals surface area contributed by atoms with Gasteiger partial charge in [0.2, 0.25) is 5.24 Å². The fourth-order valence-corrected chi connectivity index (χ4v) is 1.74. The number of ether oxygens (including phenoxy) is 1. The van der Waals surface area contributed by atoms with Gasteiger partial charge < -0.3 is 4.74 Å². The van der Waals surface area contributed by atoms with Crippen LogP contribution in [0.25, 0.3) is 0 Å². The minimum absolute atomic E-state index is 0.0545. The lowest BCUT2D eigenvalue weighted by atomic mass is 9.86. The fraction of sp³-hybridized carbons (Fsp3) is 0.500. The van der Waals surface area contributed by atoms with Crippen molar-refractivity contribution in [3.8, 4) is 5.75 Å². The summed E-state index contributed by atoms with van der Waals surface area (Å²) >= 11 is 5.27. The lowest BCUT2D eigenvalue weighted by Crippen LogP contribution is -2.13. The molecule has 0 radical (unpaired) electrons. The van der Waals surface area contributed by atoms with E-state index in [2.05, 4.69) is 26.8 Å². The van der Waals surface area contributed by atoms with E-state index in [0.717, 1.165) is 5.75 Å². The lowest BCUT2D eigenvalue weighted by molar-refractivity contribution is -0.111. The Morgan fingerprint density at radius 1 is 1.29 bits per heavy atom. The van der Waals surface area contributed by atoms with Gasteiger partial charge in [0.15, 0.2) is 0 Å². The molecule has 0 spiro atoms. The number of para-hydroxylation sites is 1. The molecule has 1 aromatic carbocycles. The van der Waals surface area contributed by atoms with Crippen molar-refractivity contribution < 1.29 is 9.53 Å². The molecular weight excluding hydrogens is 236 g/mol. The van der Waals surface area contributed by atoms with Crippen LogP contribution in [0.4, 0.5) is 0 Å². The van der Waals surface area contributed by atoms with Crippen LogP contribution < -0.4 is 4.74 Å². The molecule has 17 heavy (non-hydrogen) atoms. The van der Waals surface area contributed by atoms with Crippen molar-refractivity contribution in [1.82, 2.24) is 0 Å². The maximum absolute atomic E-state index is 10.6. The van der Waals surface area contributed by atoms with Gasteiger partial charge in [-0.25, -0.2) is 0 Å². The average Bonchev–Trinajstić information content (AvgIpc) is 2.23. The van der Waals surface area contributed by atoms with Gasteiger partial charge in [-0.1, -0.05) is 39.0 Å². The summed E-state index contributed by atoms with van der Waals surface area (Å²) in [6.45, 7) is 6.97. The van der Waals surface area contributed by atoms with Crippen molar-refractivity contribution in [1.29, 1.82) is 0 Å². The molecule has 0 saturated heterocycles. The van der Waals surface area contributed by atoms with Crippen LogP contribution in [0.1, 0.15) is 39.2 Å². The zero-order chi connectivity index (χ0) is 12.9. The Morgan fingerprint density at radius 3 is 2.53 bits per heavy atom. The molecule has 0 bridgehead atoms. The molecule has 0 amide bonds. The van der Waals surface area contributed by atoms with Crippen LogP contribution in [0.2, 0.25) is 0 Å². The molecule has 0 N–H and O–H groups in total. The van der Waals surface area contributed by atoms with Gasteiger partial charge in [0.25, 0.3) is 0 Å². The molecule has 0 aromatic heterocycles. The quantitative estimate of drug-likeness (QED) is 0.588. The van der Waals surface area contributed by atoms with E-state index in [-0.39, 0.29) is 10.7 Å². The first kappa shape index (κ1) is 14.0. The molecule has 0 aliphatic carbocycles. The first-order chi connectivity index (χ1) is 7.91. The summed E-state index contributed by atoms with van der Waals surface area (Å²) in [7, 11) is 0. The smallest absolute Gasteiger partial charge is 0.221 e. The Kier molecular flexibility index (Phi) is 5.01. The van der Waals surface area contributed by atoms with E-state index in [1.807, 2.05) is 18.2 Å². The van der Waals surface area contributed by atoms with Crippen LogP contribution in [-0.4, -0.2) is 11.8 Å². The van der Waals surface area contributed by atoms with Crippen LogP contribution in [-0.2, 0) is 10.2 Å². The first-order valence-electron chi connectivity index (χ1n) is 5.82. The Balaban J connectivity index is 2.62. The zero-order valence-electron chi connectivity index (χ0n) is 10.6. The third-order valence-corrected chi connectivity index (χ3v) is 2.66. The summed E-state index contributed by atoms with van der Waals surface area (Å²) in [5, 5.41) is -0.308. The van der Waals surface area contributed by atoms with E-state index in [1.54, 1.807) is 0 Å². The van der Waals surface area contributed by atoms with Gasteiger partial charge in [-0.2, -0.15) is 0 Å². The third kappa shape index (κ3) is 4.78. The van der Waals surface area contributed by atoms with Crippen molar-refractivity contribution in [2.45, 2.75) is 39.0 Å². The highest BCUT2D eigenvalue weighted by Gasteiger charge is 2.18. The van der Waals surface area contributed by atoms with E-state index in [1.165, 1.54) is 5.56 Å². The number of carbonyl (C=O) groups excluding carboxylic acids is 1. The summed E-state index contributed by atoms with van der Waals surface area (Å²) < 4.78 is 5.70. The van der Waals surface area contributed by atoms with Gasteiger partial charge in [0, 0.05) is 6.42 Å². The number of hydrogen-bond donors (Lipinski definition) is 0. The molecule has 0 heterocycles. The van der Waals surface area contributed by atoms with Crippen molar-refractivity contribution in [3.63, 3.8) is 0 Å². The second kappa shape index (κ2) is 6.06.